The minimum atomic E-state index is -0.821. The van der Waals surface area contributed by atoms with Gasteiger partial charge in [0.05, 0.1) is 10.6 Å². The van der Waals surface area contributed by atoms with Crippen molar-refractivity contribution < 1.29 is 18.7 Å². The second-order valence-corrected chi connectivity index (χ2v) is 5.90. The van der Waals surface area contributed by atoms with Crippen LogP contribution in [-0.4, -0.2) is 28.1 Å². The second-order valence-electron chi connectivity index (χ2n) is 5.50. The Bertz CT molecular complexity index is 730. The molecule has 7 nitrogen and oxygen atoms in total. The molecule has 0 aliphatic rings. The summed E-state index contributed by atoms with van der Waals surface area (Å²) in [6.07, 6.45) is 0. The standard InChI is InChI=1S/C16H18ClN3O4/c1-9(2)14(16(22)23-8-13-20-19-10(3)24-13)18-15(21)11-6-4-5-7-12(11)17/h4-7,9,14H,8H2,1-3H3,(H,18,21)/t14-/m0/s1. The summed E-state index contributed by atoms with van der Waals surface area (Å²) in [5.41, 5.74) is 0.296. The first kappa shape index (κ1) is 17.9. The smallest absolute Gasteiger partial charge is 0.329 e. The molecule has 0 radical (unpaired) electrons. The number of rotatable bonds is 6. The number of hydrogen-bond donors (Lipinski definition) is 1. The lowest BCUT2D eigenvalue weighted by Gasteiger charge is -2.20. The monoisotopic (exact) mass is 351 g/mol. The molecule has 0 spiro atoms. The Hall–Kier alpha value is -2.41. The molecule has 1 amide bonds. The number of esters is 1. The maximum atomic E-state index is 12.3. The molecule has 0 saturated heterocycles. The Balaban J connectivity index is 2.01. The predicted molar refractivity (Wildman–Crippen MR) is 86.4 cm³/mol. The molecule has 8 heteroatoms. The van der Waals surface area contributed by atoms with Crippen molar-refractivity contribution in [1.82, 2.24) is 15.5 Å². The Morgan fingerprint density at radius 2 is 2.00 bits per heavy atom. The molecule has 2 rings (SSSR count). The number of hydrogen-bond acceptors (Lipinski definition) is 6. The van der Waals surface area contributed by atoms with Crippen LogP contribution < -0.4 is 5.32 Å². The lowest BCUT2D eigenvalue weighted by atomic mass is 10.0. The summed E-state index contributed by atoms with van der Waals surface area (Å²) in [4.78, 5) is 24.6. The van der Waals surface area contributed by atoms with E-state index in [0.717, 1.165) is 0 Å². The van der Waals surface area contributed by atoms with E-state index in [4.69, 9.17) is 20.8 Å². The maximum absolute atomic E-state index is 12.3. The van der Waals surface area contributed by atoms with Crippen LogP contribution in [0.25, 0.3) is 0 Å². The number of nitrogens with one attached hydrogen (secondary N) is 1. The van der Waals surface area contributed by atoms with Crippen LogP contribution in [-0.2, 0) is 16.1 Å². The third kappa shape index (κ3) is 4.55. The van der Waals surface area contributed by atoms with E-state index in [-0.39, 0.29) is 18.4 Å². The Morgan fingerprint density at radius 3 is 2.58 bits per heavy atom. The first-order valence-electron chi connectivity index (χ1n) is 7.39. The van der Waals surface area contributed by atoms with Crippen molar-refractivity contribution >= 4 is 23.5 Å². The molecule has 128 valence electrons. The molecule has 1 aromatic carbocycles. The zero-order valence-corrected chi connectivity index (χ0v) is 14.3. The van der Waals surface area contributed by atoms with Crippen molar-refractivity contribution in [2.24, 2.45) is 5.92 Å². The highest BCUT2D eigenvalue weighted by atomic mass is 35.5. The van der Waals surface area contributed by atoms with Crippen LogP contribution in [0.3, 0.4) is 0 Å². The highest BCUT2D eigenvalue weighted by Crippen LogP contribution is 2.16. The molecule has 1 heterocycles. The number of aromatic nitrogens is 2. The third-order valence-electron chi connectivity index (χ3n) is 3.23. The van der Waals surface area contributed by atoms with Gasteiger partial charge in [0.2, 0.25) is 5.89 Å². The largest absolute Gasteiger partial charge is 0.454 e. The van der Waals surface area contributed by atoms with E-state index in [0.29, 0.717) is 16.5 Å². The number of benzene rings is 1. The van der Waals surface area contributed by atoms with Gasteiger partial charge in [-0.25, -0.2) is 4.79 Å². The van der Waals surface area contributed by atoms with Crippen molar-refractivity contribution in [3.05, 3.63) is 46.6 Å². The summed E-state index contributed by atoms with van der Waals surface area (Å²) in [5.74, 6) is -0.617. The Kier molecular flexibility index (Phi) is 5.92. The van der Waals surface area contributed by atoms with Crippen LogP contribution in [0.2, 0.25) is 5.02 Å². The molecule has 0 saturated carbocycles. The van der Waals surface area contributed by atoms with Crippen molar-refractivity contribution in [2.45, 2.75) is 33.4 Å². The molecule has 1 aromatic heterocycles. The number of carbonyl (C=O) groups excluding carboxylic acids is 2. The SMILES string of the molecule is Cc1nnc(COC(=O)[C@@H](NC(=O)c2ccccc2Cl)C(C)C)o1. The van der Waals surface area contributed by atoms with Crippen LogP contribution in [0.5, 0.6) is 0 Å². The van der Waals surface area contributed by atoms with Gasteiger partial charge in [0, 0.05) is 6.92 Å². The Morgan fingerprint density at radius 1 is 1.29 bits per heavy atom. The number of ether oxygens (including phenoxy) is 1. The predicted octanol–water partition coefficient (Wildman–Crippen LogP) is 2.53. The van der Waals surface area contributed by atoms with Crippen molar-refractivity contribution in [2.75, 3.05) is 0 Å². The highest BCUT2D eigenvalue weighted by molar-refractivity contribution is 6.33. The van der Waals surface area contributed by atoms with Gasteiger partial charge in [-0.15, -0.1) is 10.2 Å². The third-order valence-corrected chi connectivity index (χ3v) is 3.56. The van der Waals surface area contributed by atoms with Gasteiger partial charge in [0.25, 0.3) is 11.8 Å². The second kappa shape index (κ2) is 7.92. The van der Waals surface area contributed by atoms with Gasteiger partial charge in [0.1, 0.15) is 6.04 Å². The summed E-state index contributed by atoms with van der Waals surface area (Å²) in [7, 11) is 0. The van der Waals surface area contributed by atoms with Crippen molar-refractivity contribution in [3.63, 3.8) is 0 Å². The topological polar surface area (TPSA) is 94.3 Å². The zero-order chi connectivity index (χ0) is 17.7. The van der Waals surface area contributed by atoms with Crippen molar-refractivity contribution in [3.8, 4) is 0 Å². The number of nitrogens with zero attached hydrogens (tertiary/aromatic N) is 2. The van der Waals surface area contributed by atoms with E-state index < -0.39 is 17.9 Å². The average Bonchev–Trinajstić information content (AvgIpc) is 2.95. The molecular weight excluding hydrogens is 334 g/mol. The van der Waals surface area contributed by atoms with Crippen LogP contribution in [0.4, 0.5) is 0 Å². The van der Waals surface area contributed by atoms with Gasteiger partial charge < -0.3 is 14.5 Å². The van der Waals surface area contributed by atoms with Gasteiger partial charge >= 0.3 is 5.97 Å². The molecule has 0 aliphatic heterocycles. The Labute approximate surface area is 144 Å². The summed E-state index contributed by atoms with van der Waals surface area (Å²) >= 11 is 6.00. The number of carbonyl (C=O) groups is 2. The van der Waals surface area contributed by atoms with E-state index in [1.165, 1.54) is 0 Å². The lowest BCUT2D eigenvalue weighted by molar-refractivity contribution is -0.149. The molecule has 2 aromatic rings. The van der Waals surface area contributed by atoms with Gasteiger partial charge in [-0.3, -0.25) is 4.79 Å². The van der Waals surface area contributed by atoms with Crippen LogP contribution >= 0.6 is 11.6 Å². The van der Waals surface area contributed by atoms with E-state index >= 15 is 0 Å². The number of halogens is 1. The normalized spacial score (nSPS) is 12.0. The lowest BCUT2D eigenvalue weighted by Crippen LogP contribution is -2.45. The molecule has 1 atom stereocenters. The fourth-order valence-corrected chi connectivity index (χ4v) is 2.20. The van der Waals surface area contributed by atoms with Crippen LogP contribution in [0, 0.1) is 12.8 Å². The molecule has 0 fully saturated rings. The minimum Gasteiger partial charge on any atom is -0.454 e. The minimum absolute atomic E-state index is 0.148. The van der Waals surface area contributed by atoms with E-state index in [2.05, 4.69) is 15.5 Å². The fraction of sp³-hybridized carbons (Fsp3) is 0.375. The van der Waals surface area contributed by atoms with Gasteiger partial charge in [-0.05, 0) is 18.1 Å². The van der Waals surface area contributed by atoms with Crippen LogP contribution in [0.1, 0.15) is 36.0 Å². The first-order valence-corrected chi connectivity index (χ1v) is 7.77. The van der Waals surface area contributed by atoms with Gasteiger partial charge in [-0.2, -0.15) is 0 Å². The van der Waals surface area contributed by atoms with Crippen LogP contribution in [0.15, 0.2) is 28.7 Å². The van der Waals surface area contributed by atoms with Crippen molar-refractivity contribution in [1.29, 1.82) is 0 Å². The molecule has 0 aliphatic carbocycles. The van der Waals surface area contributed by atoms with Gasteiger partial charge in [-0.1, -0.05) is 37.6 Å². The summed E-state index contributed by atoms with van der Waals surface area (Å²) in [6.45, 7) is 5.09. The number of aryl methyl sites for hydroxylation is 1. The summed E-state index contributed by atoms with van der Waals surface area (Å²) < 4.78 is 10.3. The number of amides is 1. The summed E-state index contributed by atoms with van der Waals surface area (Å²) in [6, 6.07) is 5.79. The van der Waals surface area contributed by atoms with E-state index in [9.17, 15) is 9.59 Å². The fourth-order valence-electron chi connectivity index (χ4n) is 1.98. The molecule has 0 bridgehead atoms. The average molecular weight is 352 g/mol. The molecule has 24 heavy (non-hydrogen) atoms. The molecule has 0 unspecified atom stereocenters. The molecule has 1 N–H and O–H groups in total. The zero-order valence-electron chi connectivity index (χ0n) is 13.6. The van der Waals surface area contributed by atoms with Gasteiger partial charge in [0.15, 0.2) is 6.61 Å². The summed E-state index contributed by atoms with van der Waals surface area (Å²) in [5, 5.41) is 10.4. The highest BCUT2D eigenvalue weighted by Gasteiger charge is 2.27. The van der Waals surface area contributed by atoms with E-state index in [1.807, 2.05) is 0 Å². The van der Waals surface area contributed by atoms with E-state index in [1.54, 1.807) is 45.0 Å². The molecular formula is C16H18ClN3O4. The quantitative estimate of drug-likeness (QED) is 0.803. The maximum Gasteiger partial charge on any atom is 0.329 e. The first-order chi connectivity index (χ1) is 11.4.